The van der Waals surface area contributed by atoms with Crippen LogP contribution in [0.25, 0.3) is 0 Å². The maximum atomic E-state index is 10.4. The second kappa shape index (κ2) is 30.3. The van der Waals surface area contributed by atoms with Crippen molar-refractivity contribution in [2.24, 2.45) is 0 Å². The summed E-state index contributed by atoms with van der Waals surface area (Å²) in [4.78, 5) is 51.9. The number of esters is 5. The summed E-state index contributed by atoms with van der Waals surface area (Å²) in [7, 11) is 1.33. The Balaban J connectivity index is -0.000000124. The minimum absolute atomic E-state index is 0.312. The van der Waals surface area contributed by atoms with Gasteiger partial charge in [0.05, 0.1) is 33.5 Å². The van der Waals surface area contributed by atoms with Gasteiger partial charge in [-0.2, -0.15) is 0 Å². The fourth-order valence-corrected chi connectivity index (χ4v) is 1.19. The van der Waals surface area contributed by atoms with Crippen LogP contribution in [-0.2, 0) is 47.7 Å². The molecule has 0 atom stereocenters. The van der Waals surface area contributed by atoms with Gasteiger partial charge in [-0.1, -0.05) is 32.9 Å². The third kappa shape index (κ3) is 38.7. The molecule has 10 heteroatoms. The van der Waals surface area contributed by atoms with Gasteiger partial charge in [-0.05, 0) is 62.3 Å². The zero-order valence-electron chi connectivity index (χ0n) is 25.4. The van der Waals surface area contributed by atoms with E-state index in [0.717, 1.165) is 0 Å². The van der Waals surface area contributed by atoms with Gasteiger partial charge in [-0.25, -0.2) is 24.0 Å². The summed E-state index contributed by atoms with van der Waals surface area (Å²) < 4.78 is 22.5. The van der Waals surface area contributed by atoms with E-state index in [1.54, 1.807) is 62.3 Å². The normalized spacial score (nSPS) is 8.15. The Morgan fingerprint density at radius 3 is 0.590 bits per heavy atom. The van der Waals surface area contributed by atoms with E-state index >= 15 is 0 Å². The zero-order chi connectivity index (χ0) is 32.1. The first-order valence-electron chi connectivity index (χ1n) is 12.0. The van der Waals surface area contributed by atoms with Crippen LogP contribution in [-0.4, -0.2) is 63.4 Å². The maximum Gasteiger partial charge on any atom is 0.333 e. The van der Waals surface area contributed by atoms with Crippen LogP contribution in [0.4, 0.5) is 0 Å². The average Bonchev–Trinajstić information content (AvgIpc) is 2.85. The van der Waals surface area contributed by atoms with Crippen molar-refractivity contribution >= 4 is 29.8 Å². The fourth-order valence-electron chi connectivity index (χ4n) is 1.19. The minimum atomic E-state index is -0.347. The van der Waals surface area contributed by atoms with Gasteiger partial charge < -0.3 is 23.7 Å². The van der Waals surface area contributed by atoms with Crippen molar-refractivity contribution in [2.45, 2.75) is 62.3 Å². The Morgan fingerprint density at radius 1 is 0.410 bits per heavy atom. The van der Waals surface area contributed by atoms with Crippen molar-refractivity contribution in [3.8, 4) is 0 Å². The lowest BCUT2D eigenvalue weighted by Crippen LogP contribution is -2.03. The SMILES string of the molecule is C=C(C)C(=O)OC.C=C(C)C(=O)OCC.C=C(C)C(=O)OCC.C=C(C)C(=O)OCC.C=C(C)C(=O)OCC. The predicted octanol–water partition coefficient (Wildman–Crippen LogP) is 5.24. The van der Waals surface area contributed by atoms with Crippen LogP contribution >= 0.6 is 0 Å². The molecule has 0 saturated heterocycles. The van der Waals surface area contributed by atoms with Crippen molar-refractivity contribution in [1.29, 1.82) is 0 Å². The number of carbonyl (C=O) groups is 5. The van der Waals surface area contributed by atoms with E-state index in [9.17, 15) is 24.0 Å². The third-order valence-electron chi connectivity index (χ3n) is 3.03. The largest absolute Gasteiger partial charge is 0.466 e. The number of hydrogen-bond acceptors (Lipinski definition) is 10. The molecule has 0 radical (unpaired) electrons. The third-order valence-corrected chi connectivity index (χ3v) is 3.03. The summed E-state index contributed by atoms with van der Waals surface area (Å²) in [6, 6.07) is 0. The average molecular weight is 557 g/mol. The molecular weight excluding hydrogens is 508 g/mol. The Kier molecular flexibility index (Phi) is 34.9. The summed E-state index contributed by atoms with van der Waals surface area (Å²) in [6.45, 7) is 33.8. The summed E-state index contributed by atoms with van der Waals surface area (Å²) >= 11 is 0. The molecule has 0 N–H and O–H groups in total. The summed E-state index contributed by atoms with van der Waals surface area (Å²) in [5.74, 6) is -1.60. The van der Waals surface area contributed by atoms with Gasteiger partial charge in [0.25, 0.3) is 0 Å². The molecule has 39 heavy (non-hydrogen) atoms. The molecule has 0 saturated carbocycles. The fraction of sp³-hybridized carbons (Fsp3) is 0.483. The van der Waals surface area contributed by atoms with Gasteiger partial charge in [-0.3, -0.25) is 0 Å². The van der Waals surface area contributed by atoms with Gasteiger partial charge in [-0.15, -0.1) is 0 Å². The van der Waals surface area contributed by atoms with Crippen LogP contribution in [0.3, 0.4) is 0 Å². The molecule has 0 aliphatic heterocycles. The Labute approximate surface area is 234 Å². The number of carbonyl (C=O) groups excluding carboxylic acids is 5. The number of ether oxygens (including phenoxy) is 5. The molecule has 0 aliphatic rings. The van der Waals surface area contributed by atoms with E-state index in [-0.39, 0.29) is 29.8 Å². The van der Waals surface area contributed by atoms with Crippen LogP contribution in [0.5, 0.6) is 0 Å². The summed E-state index contributed by atoms with van der Waals surface area (Å²) in [6.07, 6.45) is 0. The Hall–Kier alpha value is -3.95. The van der Waals surface area contributed by atoms with Crippen molar-refractivity contribution in [3.05, 3.63) is 60.8 Å². The highest BCUT2D eigenvalue weighted by Gasteiger charge is 2.00. The lowest BCUT2D eigenvalue weighted by atomic mass is 10.4. The molecule has 0 aromatic carbocycles. The number of methoxy groups -OCH3 is 1. The van der Waals surface area contributed by atoms with E-state index in [2.05, 4.69) is 56.6 Å². The molecule has 224 valence electrons. The van der Waals surface area contributed by atoms with Gasteiger partial charge in [0, 0.05) is 27.9 Å². The number of hydrogen-bond donors (Lipinski definition) is 0. The lowest BCUT2D eigenvalue weighted by Gasteiger charge is -1.96. The van der Waals surface area contributed by atoms with Gasteiger partial charge in [0.2, 0.25) is 0 Å². The molecule has 0 rings (SSSR count). The molecular formula is C29H48O10. The van der Waals surface area contributed by atoms with Crippen LogP contribution in [0.15, 0.2) is 60.8 Å². The van der Waals surface area contributed by atoms with E-state index < -0.39 is 0 Å². The van der Waals surface area contributed by atoms with Crippen LogP contribution in [0.2, 0.25) is 0 Å². The van der Waals surface area contributed by atoms with Crippen LogP contribution < -0.4 is 0 Å². The van der Waals surface area contributed by atoms with Crippen LogP contribution in [0.1, 0.15) is 62.3 Å². The van der Waals surface area contributed by atoms with E-state index in [4.69, 9.17) is 0 Å². The van der Waals surface area contributed by atoms with E-state index in [1.807, 2.05) is 0 Å². The first-order valence-corrected chi connectivity index (χ1v) is 12.0. The molecule has 10 nitrogen and oxygen atoms in total. The molecule has 0 amide bonds. The predicted molar refractivity (Wildman–Crippen MR) is 153 cm³/mol. The van der Waals surface area contributed by atoms with Crippen molar-refractivity contribution < 1.29 is 47.7 Å². The van der Waals surface area contributed by atoms with Crippen molar-refractivity contribution in [1.82, 2.24) is 0 Å². The van der Waals surface area contributed by atoms with Crippen molar-refractivity contribution in [3.63, 3.8) is 0 Å². The second-order valence-electron chi connectivity index (χ2n) is 7.28. The first-order chi connectivity index (χ1) is 17.9. The molecule has 0 unspecified atom stereocenters. The smallest absolute Gasteiger partial charge is 0.333 e. The molecule has 0 bridgehead atoms. The second-order valence-corrected chi connectivity index (χ2v) is 7.28. The standard InChI is InChI=1S/4C6H10O2.C5H8O2/c4*1-4-8-6(7)5(2)3;1-4(2)5(6)7-3/h4*2,4H2,1,3H3;1H2,2-3H3. The highest BCUT2D eigenvalue weighted by molar-refractivity contribution is 5.88. The Morgan fingerprint density at radius 2 is 0.564 bits per heavy atom. The van der Waals surface area contributed by atoms with Gasteiger partial charge in [0.15, 0.2) is 0 Å². The topological polar surface area (TPSA) is 132 Å². The highest BCUT2D eigenvalue weighted by Crippen LogP contribution is 1.91. The molecule has 0 aromatic rings. The van der Waals surface area contributed by atoms with Gasteiger partial charge >= 0.3 is 29.8 Å². The van der Waals surface area contributed by atoms with Gasteiger partial charge in [0.1, 0.15) is 0 Å². The molecule has 0 heterocycles. The summed E-state index contributed by atoms with van der Waals surface area (Å²) in [5.41, 5.74) is 2.24. The van der Waals surface area contributed by atoms with Crippen molar-refractivity contribution in [2.75, 3.05) is 33.5 Å². The highest BCUT2D eigenvalue weighted by atomic mass is 16.5. The zero-order valence-corrected chi connectivity index (χ0v) is 25.4. The van der Waals surface area contributed by atoms with E-state index in [0.29, 0.717) is 54.3 Å². The van der Waals surface area contributed by atoms with E-state index in [1.165, 1.54) is 7.11 Å². The Bertz CT molecular complexity index is 723. The quantitative estimate of drug-likeness (QED) is 0.211. The maximum absolute atomic E-state index is 10.4. The molecule has 0 fully saturated rings. The minimum Gasteiger partial charge on any atom is -0.466 e. The number of rotatable bonds is 9. The molecule has 0 spiro atoms. The lowest BCUT2D eigenvalue weighted by molar-refractivity contribution is -0.139. The van der Waals surface area contributed by atoms with Crippen LogP contribution in [0, 0.1) is 0 Å². The first kappa shape index (κ1) is 45.0. The monoisotopic (exact) mass is 556 g/mol. The summed E-state index contributed by atoms with van der Waals surface area (Å²) in [5, 5.41) is 0. The molecule has 0 aliphatic carbocycles. The molecule has 0 aromatic heterocycles.